The molecule has 0 amide bonds. The van der Waals surface area contributed by atoms with Gasteiger partial charge in [0, 0.05) is 12.8 Å². The van der Waals surface area contributed by atoms with Crippen molar-refractivity contribution in [1.82, 2.24) is 0 Å². The summed E-state index contributed by atoms with van der Waals surface area (Å²) in [5, 5.41) is 0. The van der Waals surface area contributed by atoms with Gasteiger partial charge in [-0.2, -0.15) is 0 Å². The van der Waals surface area contributed by atoms with E-state index < -0.39 is 0 Å². The molecule has 17 heavy (non-hydrogen) atoms. The van der Waals surface area contributed by atoms with Crippen LogP contribution in [0.2, 0.25) is 0 Å². The van der Waals surface area contributed by atoms with Crippen LogP contribution in [-0.2, 0) is 29.9 Å². The molecular formula is C14H20O2Pd. The molecule has 0 aromatic heterocycles. The van der Waals surface area contributed by atoms with Crippen LogP contribution in [0, 0.1) is 30.6 Å². The Morgan fingerprint density at radius 3 is 2.71 bits per heavy atom. The van der Waals surface area contributed by atoms with Gasteiger partial charge in [0.25, 0.3) is 0 Å². The van der Waals surface area contributed by atoms with Crippen LogP contribution >= 0.6 is 0 Å². The number of allylic oxidation sites excluding steroid dienone is 1. The molecule has 1 heterocycles. The van der Waals surface area contributed by atoms with Crippen LogP contribution in [0.15, 0.2) is 12.2 Å². The van der Waals surface area contributed by atoms with Crippen LogP contribution in [0.4, 0.5) is 0 Å². The van der Waals surface area contributed by atoms with E-state index in [0.29, 0.717) is 11.8 Å². The molecule has 3 heteroatoms. The van der Waals surface area contributed by atoms with Crippen molar-refractivity contribution in [3.8, 4) is 0 Å². The van der Waals surface area contributed by atoms with E-state index in [1.165, 1.54) is 5.57 Å². The van der Waals surface area contributed by atoms with Crippen LogP contribution in [0.5, 0.6) is 0 Å². The molecule has 0 radical (unpaired) electrons. The van der Waals surface area contributed by atoms with Crippen molar-refractivity contribution in [3.63, 3.8) is 0 Å². The predicted molar refractivity (Wildman–Crippen MR) is 62.4 cm³/mol. The van der Waals surface area contributed by atoms with Gasteiger partial charge < -0.3 is 16.4 Å². The molecule has 0 unspecified atom stereocenters. The molecule has 2 aliphatic carbocycles. The number of hydrogen-bond donors (Lipinski definition) is 0. The first-order valence-corrected chi connectivity index (χ1v) is 6.20. The second-order valence-corrected chi connectivity index (χ2v) is 5.73. The molecule has 0 aromatic rings. The van der Waals surface area contributed by atoms with Crippen LogP contribution < -0.4 is 0 Å². The summed E-state index contributed by atoms with van der Waals surface area (Å²) in [6, 6.07) is 0. The minimum absolute atomic E-state index is 0. The second kappa shape index (κ2) is 4.39. The second-order valence-electron chi connectivity index (χ2n) is 5.73. The Kier molecular flexibility index (Phi) is 3.51. The molecule has 98 valence electrons. The first kappa shape index (κ1) is 13.6. The van der Waals surface area contributed by atoms with E-state index >= 15 is 0 Å². The molecule has 3 atom stereocenters. The van der Waals surface area contributed by atoms with Crippen molar-refractivity contribution < 1.29 is 29.9 Å². The van der Waals surface area contributed by atoms with Crippen LogP contribution in [-0.4, -0.2) is 19.0 Å². The van der Waals surface area contributed by atoms with E-state index in [9.17, 15) is 0 Å². The topological polar surface area (TPSA) is 18.5 Å². The SMILES string of the molecule is C=C1[CH-][C@@H]([CH2-])[C@]2(C)CC3(CC[C@@H]12)OCCO3.[Pd+2]. The van der Waals surface area contributed by atoms with Gasteiger partial charge in [0.05, 0.1) is 13.2 Å². The maximum atomic E-state index is 5.84. The molecule has 2 saturated carbocycles. The largest absolute Gasteiger partial charge is 2.00 e. The van der Waals surface area contributed by atoms with Crippen LogP contribution in [0.25, 0.3) is 0 Å². The van der Waals surface area contributed by atoms with Gasteiger partial charge in [-0.05, 0) is 12.3 Å². The van der Waals surface area contributed by atoms with E-state index in [4.69, 9.17) is 9.47 Å². The maximum Gasteiger partial charge on any atom is 2.00 e. The number of ether oxygens (including phenoxy) is 2. The first-order chi connectivity index (χ1) is 7.56. The van der Waals surface area contributed by atoms with Gasteiger partial charge in [-0.25, -0.2) is 18.1 Å². The molecule has 0 aromatic carbocycles. The zero-order valence-electron chi connectivity index (χ0n) is 10.3. The molecule has 0 bridgehead atoms. The summed E-state index contributed by atoms with van der Waals surface area (Å²) in [6.07, 6.45) is 5.33. The standard InChI is InChI=1S/C14H20O2.Pd/c1-10-8-11(2)13(3)9-14(5-4-12(10)13)15-6-7-16-14;/h8,11-12H,1-2,4-7,9H2,3H3;/q-2;+2/t11-,12+,13+;/m1./s1. The molecule has 2 nitrogen and oxygen atoms in total. The monoisotopic (exact) mass is 326 g/mol. The van der Waals surface area contributed by atoms with Gasteiger partial charge in [0.2, 0.25) is 0 Å². The van der Waals surface area contributed by atoms with Gasteiger partial charge in [-0.15, -0.1) is 0 Å². The van der Waals surface area contributed by atoms with E-state index in [1.807, 2.05) is 0 Å². The van der Waals surface area contributed by atoms with E-state index in [2.05, 4.69) is 26.8 Å². The Hall–Kier alpha value is 0.192. The predicted octanol–water partition coefficient (Wildman–Crippen LogP) is 2.76. The summed E-state index contributed by atoms with van der Waals surface area (Å²) in [5.74, 6) is 0.614. The third-order valence-electron chi connectivity index (χ3n) is 4.78. The van der Waals surface area contributed by atoms with Crippen molar-refractivity contribution in [2.24, 2.45) is 17.3 Å². The van der Waals surface area contributed by atoms with Gasteiger partial charge in [0.15, 0.2) is 5.79 Å². The van der Waals surface area contributed by atoms with Gasteiger partial charge in [-0.3, -0.25) is 6.42 Å². The summed E-state index contributed by atoms with van der Waals surface area (Å²) < 4.78 is 11.7. The van der Waals surface area contributed by atoms with Gasteiger partial charge in [0.1, 0.15) is 0 Å². The Labute approximate surface area is 118 Å². The molecule has 1 saturated heterocycles. The van der Waals surface area contributed by atoms with Crippen molar-refractivity contribution in [3.05, 3.63) is 25.5 Å². The minimum atomic E-state index is -0.306. The average molecular weight is 327 g/mol. The summed E-state index contributed by atoms with van der Waals surface area (Å²) in [4.78, 5) is 0. The zero-order chi connectivity index (χ0) is 11.4. The molecule has 0 N–H and O–H groups in total. The fourth-order valence-electron chi connectivity index (χ4n) is 3.79. The number of rotatable bonds is 0. The van der Waals surface area contributed by atoms with Crippen LogP contribution in [0.3, 0.4) is 0 Å². The third-order valence-corrected chi connectivity index (χ3v) is 4.78. The van der Waals surface area contributed by atoms with E-state index in [0.717, 1.165) is 32.5 Å². The van der Waals surface area contributed by atoms with Crippen LogP contribution in [0.1, 0.15) is 26.2 Å². The number of hydrogen-bond acceptors (Lipinski definition) is 2. The van der Waals surface area contributed by atoms with Gasteiger partial charge >= 0.3 is 20.4 Å². The average Bonchev–Trinajstić information content (AvgIpc) is 2.73. The molecule has 3 fully saturated rings. The quantitative estimate of drug-likeness (QED) is 0.503. The normalized spacial score (nSPS) is 43.1. The Morgan fingerprint density at radius 1 is 1.41 bits per heavy atom. The molecule has 1 spiro atoms. The summed E-state index contributed by atoms with van der Waals surface area (Å²) in [6.45, 7) is 12.2. The Balaban J connectivity index is 0.00000108. The number of fused-ring (bicyclic) bond motifs is 1. The summed E-state index contributed by atoms with van der Waals surface area (Å²) in [5.41, 5.74) is 1.45. The molecule has 3 aliphatic rings. The van der Waals surface area contributed by atoms with Gasteiger partial charge in [-0.1, -0.05) is 12.3 Å². The van der Waals surface area contributed by atoms with E-state index in [1.54, 1.807) is 0 Å². The van der Waals surface area contributed by atoms with Crippen molar-refractivity contribution >= 4 is 0 Å². The smallest absolute Gasteiger partial charge is 0.352 e. The van der Waals surface area contributed by atoms with E-state index in [-0.39, 0.29) is 31.6 Å². The van der Waals surface area contributed by atoms with Crippen molar-refractivity contribution in [2.45, 2.75) is 32.0 Å². The summed E-state index contributed by atoms with van der Waals surface area (Å²) in [7, 11) is 0. The molecular weight excluding hydrogens is 307 g/mol. The summed E-state index contributed by atoms with van der Waals surface area (Å²) >= 11 is 0. The Morgan fingerprint density at radius 2 is 2.06 bits per heavy atom. The maximum absolute atomic E-state index is 5.84. The molecule has 1 aliphatic heterocycles. The Bertz CT molecular complexity index is 322. The minimum Gasteiger partial charge on any atom is -0.352 e. The third kappa shape index (κ3) is 1.92. The fourth-order valence-corrected chi connectivity index (χ4v) is 3.79. The first-order valence-electron chi connectivity index (χ1n) is 6.20. The molecule has 3 rings (SSSR count). The van der Waals surface area contributed by atoms with Crippen molar-refractivity contribution in [2.75, 3.05) is 13.2 Å². The van der Waals surface area contributed by atoms with Crippen molar-refractivity contribution in [1.29, 1.82) is 0 Å². The zero-order valence-corrected chi connectivity index (χ0v) is 11.9. The fraction of sp³-hybridized carbons (Fsp3) is 0.714.